The number of pyridine rings is 1. The number of carbonyl (C=O) groups excluding carboxylic acids is 1. The second kappa shape index (κ2) is 7.98. The summed E-state index contributed by atoms with van der Waals surface area (Å²) >= 11 is 0. The molecular weight excluding hydrogens is 268 g/mol. The van der Waals surface area contributed by atoms with E-state index in [0.29, 0.717) is 13.2 Å². The van der Waals surface area contributed by atoms with Crippen LogP contribution in [-0.4, -0.2) is 29.3 Å². The first-order valence-corrected chi connectivity index (χ1v) is 7.24. The summed E-state index contributed by atoms with van der Waals surface area (Å²) in [6.07, 6.45) is 3.09. The van der Waals surface area contributed by atoms with E-state index in [2.05, 4.69) is 10.3 Å². The van der Waals surface area contributed by atoms with Crippen molar-refractivity contribution in [2.45, 2.75) is 52.9 Å². The van der Waals surface area contributed by atoms with Crippen LogP contribution < -0.4 is 5.32 Å². The zero-order valence-corrected chi connectivity index (χ0v) is 13.6. The lowest BCUT2D eigenvalue weighted by molar-refractivity contribution is 0.0388. The summed E-state index contributed by atoms with van der Waals surface area (Å²) in [7, 11) is 0. The topological polar surface area (TPSA) is 60.5 Å². The molecular formula is C16H26N2O3. The van der Waals surface area contributed by atoms with Crippen LogP contribution in [-0.2, 0) is 16.1 Å². The molecule has 118 valence electrons. The van der Waals surface area contributed by atoms with Crippen molar-refractivity contribution in [3.8, 4) is 0 Å². The Morgan fingerprint density at radius 1 is 1.38 bits per heavy atom. The van der Waals surface area contributed by atoms with E-state index in [9.17, 15) is 4.79 Å². The summed E-state index contributed by atoms with van der Waals surface area (Å²) in [5.74, 6) is 0.256. The fraction of sp³-hybridized carbons (Fsp3) is 0.625. The summed E-state index contributed by atoms with van der Waals surface area (Å²) in [6, 6.07) is 3.74. The highest BCUT2D eigenvalue weighted by molar-refractivity contribution is 5.68. The van der Waals surface area contributed by atoms with Crippen molar-refractivity contribution in [2.75, 3.05) is 6.61 Å². The lowest BCUT2D eigenvalue weighted by Crippen LogP contribution is -2.44. The van der Waals surface area contributed by atoms with Gasteiger partial charge in [-0.3, -0.25) is 4.98 Å². The Hall–Kier alpha value is -1.62. The second-order valence-corrected chi connectivity index (χ2v) is 6.37. The maximum Gasteiger partial charge on any atom is 0.407 e. The summed E-state index contributed by atoms with van der Waals surface area (Å²) in [6.45, 7) is 10.5. The molecule has 0 aliphatic carbocycles. The Morgan fingerprint density at radius 2 is 2.10 bits per heavy atom. The highest BCUT2D eigenvalue weighted by Gasteiger charge is 2.21. The van der Waals surface area contributed by atoms with Gasteiger partial charge in [-0.25, -0.2) is 4.79 Å². The van der Waals surface area contributed by atoms with Gasteiger partial charge in [0, 0.05) is 12.4 Å². The number of nitrogens with zero attached hydrogens (tertiary/aromatic N) is 1. The quantitative estimate of drug-likeness (QED) is 0.875. The molecule has 0 bridgehead atoms. The third kappa shape index (κ3) is 7.66. The molecule has 1 rings (SSSR count). The van der Waals surface area contributed by atoms with E-state index in [1.807, 2.05) is 46.8 Å². The number of alkyl carbamates (subject to hydrolysis) is 1. The standard InChI is InChI=1S/C16H26N2O3/c1-12(2)14(18-15(19)21-16(3,4)5)11-20-10-13-7-6-8-17-9-13/h6-9,12,14H,10-11H2,1-5H3,(H,18,19)/t14-/m1/s1. The molecule has 0 aliphatic heterocycles. The first kappa shape index (κ1) is 17.4. The molecule has 0 spiro atoms. The Balaban J connectivity index is 2.41. The minimum absolute atomic E-state index is 0.0866. The number of hydrogen-bond acceptors (Lipinski definition) is 4. The van der Waals surface area contributed by atoms with Crippen LogP contribution in [0.3, 0.4) is 0 Å². The zero-order chi connectivity index (χ0) is 15.9. The molecule has 1 aromatic heterocycles. The highest BCUT2D eigenvalue weighted by atomic mass is 16.6. The number of carbonyl (C=O) groups is 1. The summed E-state index contributed by atoms with van der Waals surface area (Å²) in [4.78, 5) is 15.8. The fourth-order valence-corrected chi connectivity index (χ4v) is 1.65. The zero-order valence-electron chi connectivity index (χ0n) is 13.6. The minimum Gasteiger partial charge on any atom is -0.444 e. The smallest absolute Gasteiger partial charge is 0.407 e. The molecule has 0 radical (unpaired) electrons. The van der Waals surface area contributed by atoms with Crippen molar-refractivity contribution < 1.29 is 14.3 Å². The molecule has 21 heavy (non-hydrogen) atoms. The number of amides is 1. The molecule has 5 heteroatoms. The Bertz CT molecular complexity index is 427. The van der Waals surface area contributed by atoms with Crippen LogP contribution in [0.25, 0.3) is 0 Å². The molecule has 0 saturated heterocycles. The minimum atomic E-state index is -0.498. The average molecular weight is 294 g/mol. The molecule has 0 aliphatic rings. The third-order valence-corrected chi connectivity index (χ3v) is 2.80. The number of nitrogens with one attached hydrogen (secondary N) is 1. The van der Waals surface area contributed by atoms with Gasteiger partial charge >= 0.3 is 6.09 Å². The van der Waals surface area contributed by atoms with E-state index in [1.54, 1.807) is 12.4 Å². The number of ether oxygens (including phenoxy) is 2. The summed E-state index contributed by atoms with van der Waals surface area (Å²) in [5, 5.41) is 2.86. The van der Waals surface area contributed by atoms with Gasteiger partial charge in [0.15, 0.2) is 0 Å². The van der Waals surface area contributed by atoms with E-state index in [-0.39, 0.29) is 12.0 Å². The normalized spacial score (nSPS) is 13.0. The second-order valence-electron chi connectivity index (χ2n) is 6.37. The molecule has 0 unspecified atom stereocenters. The van der Waals surface area contributed by atoms with Crippen molar-refractivity contribution in [3.05, 3.63) is 30.1 Å². The van der Waals surface area contributed by atoms with Gasteiger partial charge in [-0.15, -0.1) is 0 Å². The lowest BCUT2D eigenvalue weighted by Gasteiger charge is -2.25. The number of aromatic nitrogens is 1. The van der Waals surface area contributed by atoms with E-state index in [1.165, 1.54) is 0 Å². The average Bonchev–Trinajstić information content (AvgIpc) is 2.36. The van der Waals surface area contributed by atoms with Crippen molar-refractivity contribution in [2.24, 2.45) is 5.92 Å². The van der Waals surface area contributed by atoms with Crippen molar-refractivity contribution in [1.82, 2.24) is 10.3 Å². The van der Waals surface area contributed by atoms with E-state index >= 15 is 0 Å². The van der Waals surface area contributed by atoms with Gasteiger partial charge < -0.3 is 14.8 Å². The van der Waals surface area contributed by atoms with Gasteiger partial charge in [0.25, 0.3) is 0 Å². The van der Waals surface area contributed by atoms with Gasteiger partial charge in [-0.05, 0) is 38.3 Å². The van der Waals surface area contributed by atoms with Crippen molar-refractivity contribution in [1.29, 1.82) is 0 Å². The highest BCUT2D eigenvalue weighted by Crippen LogP contribution is 2.09. The van der Waals surface area contributed by atoms with Crippen molar-refractivity contribution in [3.63, 3.8) is 0 Å². The molecule has 1 aromatic rings. The molecule has 0 saturated carbocycles. The number of rotatable bonds is 6. The van der Waals surface area contributed by atoms with Crippen LogP contribution in [0.1, 0.15) is 40.2 Å². The molecule has 0 aromatic carbocycles. The molecule has 1 amide bonds. The molecule has 1 heterocycles. The van der Waals surface area contributed by atoms with Crippen LogP contribution in [0.2, 0.25) is 0 Å². The van der Waals surface area contributed by atoms with Crippen LogP contribution in [0.5, 0.6) is 0 Å². The van der Waals surface area contributed by atoms with Gasteiger partial charge in [-0.2, -0.15) is 0 Å². The Kier molecular flexibility index (Phi) is 6.62. The van der Waals surface area contributed by atoms with Gasteiger partial charge in [0.05, 0.1) is 19.3 Å². The first-order chi connectivity index (χ1) is 9.78. The van der Waals surface area contributed by atoms with Crippen LogP contribution in [0.4, 0.5) is 4.79 Å². The third-order valence-electron chi connectivity index (χ3n) is 2.80. The first-order valence-electron chi connectivity index (χ1n) is 7.24. The predicted octanol–water partition coefficient (Wildman–Crippen LogP) is 3.15. The molecule has 1 atom stereocenters. The van der Waals surface area contributed by atoms with E-state index in [4.69, 9.17) is 9.47 Å². The Labute approximate surface area is 127 Å². The fourth-order valence-electron chi connectivity index (χ4n) is 1.65. The predicted molar refractivity (Wildman–Crippen MR) is 81.9 cm³/mol. The Morgan fingerprint density at radius 3 is 2.62 bits per heavy atom. The number of hydrogen-bond donors (Lipinski definition) is 1. The maximum absolute atomic E-state index is 11.8. The van der Waals surface area contributed by atoms with Crippen LogP contribution in [0, 0.1) is 5.92 Å². The van der Waals surface area contributed by atoms with Gasteiger partial charge in [0.1, 0.15) is 5.60 Å². The van der Waals surface area contributed by atoms with E-state index < -0.39 is 11.7 Å². The summed E-state index contributed by atoms with van der Waals surface area (Å²) < 4.78 is 10.9. The van der Waals surface area contributed by atoms with Gasteiger partial charge in [0.2, 0.25) is 0 Å². The lowest BCUT2D eigenvalue weighted by atomic mass is 10.1. The maximum atomic E-state index is 11.8. The van der Waals surface area contributed by atoms with Crippen molar-refractivity contribution >= 4 is 6.09 Å². The molecule has 5 nitrogen and oxygen atoms in total. The molecule has 1 N–H and O–H groups in total. The van der Waals surface area contributed by atoms with Gasteiger partial charge in [-0.1, -0.05) is 19.9 Å². The monoisotopic (exact) mass is 294 g/mol. The van der Waals surface area contributed by atoms with Crippen LogP contribution >= 0.6 is 0 Å². The molecule has 0 fully saturated rings. The summed E-state index contributed by atoms with van der Waals surface area (Å²) in [5.41, 5.74) is 0.514. The van der Waals surface area contributed by atoms with E-state index in [0.717, 1.165) is 5.56 Å². The largest absolute Gasteiger partial charge is 0.444 e. The van der Waals surface area contributed by atoms with Crippen LogP contribution in [0.15, 0.2) is 24.5 Å². The SMILES string of the molecule is CC(C)[C@@H](COCc1cccnc1)NC(=O)OC(C)(C)C.